The van der Waals surface area contributed by atoms with Gasteiger partial charge in [0.05, 0.1) is 11.6 Å². The second kappa shape index (κ2) is 7.97. The van der Waals surface area contributed by atoms with Crippen LogP contribution in [0, 0.1) is 17.1 Å². The van der Waals surface area contributed by atoms with Crippen molar-refractivity contribution in [2.45, 2.75) is 12.6 Å². The first-order valence-electron chi connectivity index (χ1n) is 8.09. The van der Waals surface area contributed by atoms with E-state index in [-0.39, 0.29) is 12.4 Å². The Balaban J connectivity index is 1.54. The Morgan fingerprint density at radius 1 is 1.28 bits per heavy atom. The number of benzene rings is 2. The molecule has 130 valence electrons. The highest BCUT2D eigenvalue weighted by Crippen LogP contribution is 2.25. The Hall–Kier alpha value is -2.62. The molecule has 5 nitrogen and oxygen atoms in total. The fraction of sp³-hybridized carbons (Fsp3) is 0.316. The van der Waals surface area contributed by atoms with Gasteiger partial charge >= 0.3 is 0 Å². The summed E-state index contributed by atoms with van der Waals surface area (Å²) in [6.07, 6.45) is -0.719. The predicted molar refractivity (Wildman–Crippen MR) is 89.8 cm³/mol. The summed E-state index contributed by atoms with van der Waals surface area (Å²) in [4.78, 5) is 1.95. The van der Waals surface area contributed by atoms with Crippen molar-refractivity contribution in [2.75, 3.05) is 26.3 Å². The fourth-order valence-electron chi connectivity index (χ4n) is 2.74. The molecule has 0 spiro atoms. The van der Waals surface area contributed by atoms with E-state index in [9.17, 15) is 9.50 Å². The molecule has 0 bridgehead atoms. The van der Waals surface area contributed by atoms with Gasteiger partial charge in [0.1, 0.15) is 36.6 Å². The standard InChI is InChI=1S/C19H19FN2O3/c20-18-2-1-3-19-17(18)12-22(8-9-24-19)11-15(23)13-25-16-6-4-14(10-21)5-7-16/h1-7,15,23H,8-9,11-13H2. The summed E-state index contributed by atoms with van der Waals surface area (Å²) in [5.41, 5.74) is 1.07. The number of aliphatic hydroxyl groups excluding tert-OH is 1. The molecular formula is C19H19FN2O3. The number of β-amino-alcohol motifs (C(OH)–C–C–N with tert-alkyl or cyclic N) is 1. The highest BCUT2D eigenvalue weighted by Gasteiger charge is 2.20. The Morgan fingerprint density at radius 2 is 2.08 bits per heavy atom. The molecule has 1 atom stereocenters. The van der Waals surface area contributed by atoms with Gasteiger partial charge in [-0.15, -0.1) is 0 Å². The number of hydrogen-bond donors (Lipinski definition) is 1. The van der Waals surface area contributed by atoms with Crippen molar-refractivity contribution in [3.05, 3.63) is 59.4 Å². The summed E-state index contributed by atoms with van der Waals surface area (Å²) in [5.74, 6) is 0.854. The van der Waals surface area contributed by atoms with Crippen molar-refractivity contribution in [2.24, 2.45) is 0 Å². The molecule has 3 rings (SSSR count). The maximum absolute atomic E-state index is 14.0. The van der Waals surface area contributed by atoms with Gasteiger partial charge in [0.2, 0.25) is 0 Å². The van der Waals surface area contributed by atoms with Gasteiger partial charge in [-0.05, 0) is 36.4 Å². The van der Waals surface area contributed by atoms with Crippen LogP contribution in [0.1, 0.15) is 11.1 Å². The van der Waals surface area contributed by atoms with Crippen LogP contribution in [-0.4, -0.2) is 42.4 Å². The zero-order valence-electron chi connectivity index (χ0n) is 13.7. The van der Waals surface area contributed by atoms with Gasteiger partial charge in [-0.3, -0.25) is 4.90 Å². The van der Waals surface area contributed by atoms with E-state index in [1.54, 1.807) is 36.4 Å². The van der Waals surface area contributed by atoms with Crippen molar-refractivity contribution < 1.29 is 19.0 Å². The molecule has 1 aliphatic heterocycles. The molecule has 0 saturated heterocycles. The van der Waals surface area contributed by atoms with Gasteiger partial charge in [0.25, 0.3) is 0 Å². The van der Waals surface area contributed by atoms with Gasteiger partial charge in [-0.25, -0.2) is 4.39 Å². The van der Waals surface area contributed by atoms with Crippen LogP contribution in [0.25, 0.3) is 0 Å². The van der Waals surface area contributed by atoms with Crippen LogP contribution < -0.4 is 9.47 Å². The van der Waals surface area contributed by atoms with E-state index >= 15 is 0 Å². The van der Waals surface area contributed by atoms with Crippen LogP contribution in [0.5, 0.6) is 11.5 Å². The van der Waals surface area contributed by atoms with E-state index in [1.165, 1.54) is 6.07 Å². The lowest BCUT2D eigenvalue weighted by atomic mass is 10.1. The quantitative estimate of drug-likeness (QED) is 0.903. The van der Waals surface area contributed by atoms with Gasteiger partial charge < -0.3 is 14.6 Å². The summed E-state index contributed by atoms with van der Waals surface area (Å²) in [6.45, 7) is 1.90. The van der Waals surface area contributed by atoms with Crippen molar-refractivity contribution in [1.29, 1.82) is 5.26 Å². The molecule has 0 aliphatic carbocycles. The van der Waals surface area contributed by atoms with Crippen LogP contribution in [0.3, 0.4) is 0 Å². The van der Waals surface area contributed by atoms with Crippen molar-refractivity contribution in [3.8, 4) is 17.6 Å². The molecule has 0 amide bonds. The smallest absolute Gasteiger partial charge is 0.131 e. The van der Waals surface area contributed by atoms with Crippen LogP contribution in [0.4, 0.5) is 4.39 Å². The van der Waals surface area contributed by atoms with E-state index in [4.69, 9.17) is 14.7 Å². The number of nitriles is 1. The molecule has 2 aromatic rings. The molecule has 25 heavy (non-hydrogen) atoms. The highest BCUT2D eigenvalue weighted by molar-refractivity contribution is 5.35. The molecule has 0 fully saturated rings. The van der Waals surface area contributed by atoms with E-state index in [1.807, 2.05) is 11.0 Å². The van der Waals surface area contributed by atoms with Crippen LogP contribution in [-0.2, 0) is 6.54 Å². The van der Waals surface area contributed by atoms with E-state index in [0.717, 1.165) is 0 Å². The lowest BCUT2D eigenvalue weighted by Crippen LogP contribution is -2.36. The summed E-state index contributed by atoms with van der Waals surface area (Å²) in [7, 11) is 0. The average Bonchev–Trinajstić information content (AvgIpc) is 2.83. The van der Waals surface area contributed by atoms with E-state index in [2.05, 4.69) is 0 Å². The van der Waals surface area contributed by atoms with Crippen molar-refractivity contribution >= 4 is 0 Å². The van der Waals surface area contributed by atoms with Crippen LogP contribution >= 0.6 is 0 Å². The molecule has 1 heterocycles. The second-order valence-corrected chi connectivity index (χ2v) is 5.90. The number of rotatable bonds is 5. The molecule has 0 aromatic heterocycles. The fourth-order valence-corrected chi connectivity index (χ4v) is 2.74. The number of halogens is 1. The number of nitrogens with zero attached hydrogens (tertiary/aromatic N) is 2. The maximum atomic E-state index is 14.0. The van der Waals surface area contributed by atoms with Gasteiger partial charge in [0, 0.05) is 25.2 Å². The first-order chi connectivity index (χ1) is 12.2. The normalized spacial score (nSPS) is 15.4. The SMILES string of the molecule is N#Cc1ccc(OCC(O)CN2CCOc3cccc(F)c3C2)cc1. The number of fused-ring (bicyclic) bond motifs is 1. The third-order valence-corrected chi connectivity index (χ3v) is 4.02. The summed E-state index contributed by atoms with van der Waals surface area (Å²) >= 11 is 0. The Morgan fingerprint density at radius 3 is 2.84 bits per heavy atom. The second-order valence-electron chi connectivity index (χ2n) is 5.90. The average molecular weight is 342 g/mol. The monoisotopic (exact) mass is 342 g/mol. The molecular weight excluding hydrogens is 323 g/mol. The molecule has 0 radical (unpaired) electrons. The molecule has 2 aromatic carbocycles. The Labute approximate surface area is 145 Å². The largest absolute Gasteiger partial charge is 0.492 e. The zero-order chi connectivity index (χ0) is 17.6. The minimum Gasteiger partial charge on any atom is -0.492 e. The van der Waals surface area contributed by atoms with Crippen molar-refractivity contribution in [3.63, 3.8) is 0 Å². The molecule has 1 aliphatic rings. The zero-order valence-corrected chi connectivity index (χ0v) is 13.7. The van der Waals surface area contributed by atoms with E-state index < -0.39 is 6.10 Å². The summed E-state index contributed by atoms with van der Waals surface area (Å²) in [6, 6.07) is 13.5. The van der Waals surface area contributed by atoms with Gasteiger partial charge in [0.15, 0.2) is 0 Å². The Bertz CT molecular complexity index is 758. The predicted octanol–water partition coefficient (Wildman–Crippen LogP) is 2.33. The summed E-state index contributed by atoms with van der Waals surface area (Å²) in [5, 5.41) is 19.0. The maximum Gasteiger partial charge on any atom is 0.131 e. The first-order valence-corrected chi connectivity index (χ1v) is 8.09. The van der Waals surface area contributed by atoms with Crippen LogP contribution in [0.2, 0.25) is 0 Å². The number of ether oxygens (including phenoxy) is 2. The minimum atomic E-state index is -0.719. The molecule has 6 heteroatoms. The number of aliphatic hydroxyl groups is 1. The third-order valence-electron chi connectivity index (χ3n) is 4.02. The van der Waals surface area contributed by atoms with Gasteiger partial charge in [-0.1, -0.05) is 6.07 Å². The van der Waals surface area contributed by atoms with Gasteiger partial charge in [-0.2, -0.15) is 5.26 Å². The van der Waals surface area contributed by atoms with E-state index in [0.29, 0.717) is 48.9 Å². The molecule has 1 N–H and O–H groups in total. The molecule has 0 saturated carbocycles. The van der Waals surface area contributed by atoms with Crippen molar-refractivity contribution in [1.82, 2.24) is 4.90 Å². The molecule has 1 unspecified atom stereocenters. The third kappa shape index (κ3) is 4.47. The Kier molecular flexibility index (Phi) is 5.49. The lowest BCUT2D eigenvalue weighted by molar-refractivity contribution is 0.0635. The number of hydrogen-bond acceptors (Lipinski definition) is 5. The topological polar surface area (TPSA) is 65.7 Å². The first kappa shape index (κ1) is 17.2. The minimum absolute atomic E-state index is 0.118. The van der Waals surface area contributed by atoms with Crippen LogP contribution in [0.15, 0.2) is 42.5 Å². The lowest BCUT2D eigenvalue weighted by Gasteiger charge is -2.23. The highest BCUT2D eigenvalue weighted by atomic mass is 19.1. The summed E-state index contributed by atoms with van der Waals surface area (Å²) < 4.78 is 25.1.